The van der Waals surface area contributed by atoms with Crippen molar-refractivity contribution < 1.29 is 14.1 Å². The van der Waals surface area contributed by atoms with Gasteiger partial charge in [-0.3, -0.25) is 9.00 Å². The van der Waals surface area contributed by atoms with Crippen molar-refractivity contribution in [1.29, 1.82) is 0 Å². The van der Waals surface area contributed by atoms with Crippen LogP contribution in [0.4, 0.5) is 0 Å². The van der Waals surface area contributed by atoms with Crippen LogP contribution in [-0.4, -0.2) is 20.3 Å². The van der Waals surface area contributed by atoms with Crippen molar-refractivity contribution in [1.82, 2.24) is 4.98 Å². The third-order valence-corrected chi connectivity index (χ3v) is 4.67. The number of hydrogen-bond donors (Lipinski definition) is 1. The summed E-state index contributed by atoms with van der Waals surface area (Å²) in [6.45, 7) is 1.91. The fourth-order valence-electron chi connectivity index (χ4n) is 1.63. The van der Waals surface area contributed by atoms with Crippen LogP contribution in [0.3, 0.4) is 0 Å². The van der Waals surface area contributed by atoms with Crippen LogP contribution in [0.25, 0.3) is 0 Å². The second kappa shape index (κ2) is 6.08. The van der Waals surface area contributed by atoms with Gasteiger partial charge in [0.2, 0.25) is 0 Å². The van der Waals surface area contributed by atoms with Crippen LogP contribution in [0.5, 0.6) is 0 Å². The van der Waals surface area contributed by atoms with Gasteiger partial charge in [0, 0.05) is 10.3 Å². The molecule has 1 unspecified atom stereocenters. The lowest BCUT2D eigenvalue weighted by Crippen LogP contribution is -2.01. The molecule has 100 valence electrons. The van der Waals surface area contributed by atoms with E-state index in [0.717, 1.165) is 10.7 Å². The van der Waals surface area contributed by atoms with Gasteiger partial charge in [-0.25, -0.2) is 4.98 Å². The zero-order chi connectivity index (χ0) is 13.8. The van der Waals surface area contributed by atoms with Crippen LogP contribution in [0, 0.1) is 6.92 Å². The maximum Gasteiger partial charge on any atom is 0.307 e. The molecule has 1 N–H and O–H groups in total. The first-order valence-corrected chi connectivity index (χ1v) is 7.84. The van der Waals surface area contributed by atoms with Gasteiger partial charge in [-0.05, 0) is 24.6 Å². The minimum atomic E-state index is -1.15. The summed E-state index contributed by atoms with van der Waals surface area (Å²) in [5.74, 6) is -0.477. The Kier molecular flexibility index (Phi) is 4.44. The average Bonchev–Trinajstić information content (AvgIpc) is 2.75. The third kappa shape index (κ3) is 3.97. The normalized spacial score (nSPS) is 12.3. The zero-order valence-corrected chi connectivity index (χ0v) is 12.0. The molecule has 6 heteroatoms. The predicted octanol–water partition coefficient (Wildman–Crippen LogP) is 2.39. The van der Waals surface area contributed by atoms with Gasteiger partial charge in [-0.1, -0.05) is 12.1 Å². The number of aliphatic carboxylic acids is 1. The number of carbonyl (C=O) groups is 1. The first kappa shape index (κ1) is 13.9. The van der Waals surface area contributed by atoms with E-state index in [1.165, 1.54) is 0 Å². The number of thiazole rings is 1. The second-order valence-corrected chi connectivity index (χ2v) is 6.58. The fourth-order valence-corrected chi connectivity index (χ4v) is 3.37. The molecule has 2 aromatic rings. The van der Waals surface area contributed by atoms with Crippen molar-refractivity contribution in [2.45, 2.75) is 24.0 Å². The van der Waals surface area contributed by atoms with Crippen LogP contribution < -0.4 is 0 Å². The molecule has 0 bridgehead atoms. The van der Waals surface area contributed by atoms with E-state index in [4.69, 9.17) is 5.11 Å². The first-order chi connectivity index (χ1) is 9.04. The molecule has 0 aliphatic rings. The minimum Gasteiger partial charge on any atom is -0.481 e. The molecular weight excluding hydrogens is 282 g/mol. The molecule has 0 aliphatic carbocycles. The smallest absolute Gasteiger partial charge is 0.307 e. The van der Waals surface area contributed by atoms with Crippen LogP contribution in [0.2, 0.25) is 0 Å². The molecule has 2 rings (SSSR count). The van der Waals surface area contributed by atoms with E-state index in [1.807, 2.05) is 12.3 Å². The van der Waals surface area contributed by atoms with E-state index in [1.54, 1.807) is 35.6 Å². The number of benzene rings is 1. The monoisotopic (exact) mass is 295 g/mol. The second-order valence-electron chi connectivity index (χ2n) is 4.06. The Hall–Kier alpha value is -1.53. The molecule has 19 heavy (non-hydrogen) atoms. The summed E-state index contributed by atoms with van der Waals surface area (Å²) in [5.41, 5.74) is 1.54. The lowest BCUT2D eigenvalue weighted by Gasteiger charge is -2.02. The molecule has 0 aliphatic heterocycles. The molecule has 0 saturated carbocycles. The van der Waals surface area contributed by atoms with Crippen molar-refractivity contribution in [2.24, 2.45) is 0 Å². The van der Waals surface area contributed by atoms with Crippen LogP contribution in [-0.2, 0) is 27.8 Å². The molecule has 0 amide bonds. The van der Waals surface area contributed by atoms with Crippen molar-refractivity contribution in [3.8, 4) is 0 Å². The van der Waals surface area contributed by atoms with E-state index >= 15 is 0 Å². The molecule has 1 aromatic carbocycles. The van der Waals surface area contributed by atoms with Gasteiger partial charge >= 0.3 is 5.97 Å². The summed E-state index contributed by atoms with van der Waals surface area (Å²) in [7, 11) is -1.15. The number of rotatable bonds is 5. The largest absolute Gasteiger partial charge is 0.481 e. The Bertz CT molecular complexity index is 605. The highest BCUT2D eigenvalue weighted by molar-refractivity contribution is 7.84. The maximum absolute atomic E-state index is 12.1. The minimum absolute atomic E-state index is 0.0157. The SMILES string of the molecule is Cc1nc(CS(=O)c2ccc(CC(=O)O)cc2)cs1. The Morgan fingerprint density at radius 1 is 1.37 bits per heavy atom. The maximum atomic E-state index is 12.1. The van der Waals surface area contributed by atoms with Crippen molar-refractivity contribution >= 4 is 28.1 Å². The van der Waals surface area contributed by atoms with E-state index < -0.39 is 16.8 Å². The van der Waals surface area contributed by atoms with Crippen LogP contribution >= 0.6 is 11.3 Å². The van der Waals surface area contributed by atoms with Gasteiger partial charge in [0.05, 0.1) is 33.7 Å². The molecule has 1 heterocycles. The molecule has 1 aromatic heterocycles. The van der Waals surface area contributed by atoms with E-state index in [0.29, 0.717) is 16.2 Å². The molecule has 0 radical (unpaired) electrons. The van der Waals surface area contributed by atoms with Gasteiger partial charge < -0.3 is 5.11 Å². The summed E-state index contributed by atoms with van der Waals surface area (Å²) in [6, 6.07) is 6.84. The summed E-state index contributed by atoms with van der Waals surface area (Å²) in [5, 5.41) is 11.5. The average molecular weight is 295 g/mol. The number of aryl methyl sites for hydroxylation is 1. The van der Waals surface area contributed by atoms with E-state index in [9.17, 15) is 9.00 Å². The van der Waals surface area contributed by atoms with Crippen LogP contribution in [0.15, 0.2) is 34.5 Å². The molecule has 1 atom stereocenters. The zero-order valence-electron chi connectivity index (χ0n) is 10.3. The lowest BCUT2D eigenvalue weighted by atomic mass is 10.2. The number of nitrogens with zero attached hydrogens (tertiary/aromatic N) is 1. The molecule has 4 nitrogen and oxygen atoms in total. The Morgan fingerprint density at radius 2 is 2.05 bits per heavy atom. The molecule has 0 saturated heterocycles. The van der Waals surface area contributed by atoms with Gasteiger partial charge in [0.25, 0.3) is 0 Å². The summed E-state index contributed by atoms with van der Waals surface area (Å²) in [4.78, 5) is 15.5. The van der Waals surface area contributed by atoms with Crippen molar-refractivity contribution in [2.75, 3.05) is 0 Å². The number of aromatic nitrogens is 1. The third-order valence-electron chi connectivity index (χ3n) is 2.49. The van der Waals surface area contributed by atoms with Gasteiger partial charge in [-0.2, -0.15) is 0 Å². The standard InChI is InChI=1S/C13H13NO3S2/c1-9-14-11(7-18-9)8-19(17)12-4-2-10(3-5-12)6-13(15)16/h2-5,7H,6,8H2,1H3,(H,15,16). The molecule has 0 fully saturated rings. The highest BCUT2D eigenvalue weighted by Crippen LogP contribution is 2.15. The fraction of sp³-hybridized carbons (Fsp3) is 0.231. The summed E-state index contributed by atoms with van der Waals surface area (Å²) < 4.78 is 12.1. The summed E-state index contributed by atoms with van der Waals surface area (Å²) >= 11 is 1.54. The van der Waals surface area contributed by atoms with Crippen molar-refractivity contribution in [3.05, 3.63) is 45.9 Å². The van der Waals surface area contributed by atoms with Gasteiger partial charge in [-0.15, -0.1) is 11.3 Å². The van der Waals surface area contributed by atoms with E-state index in [2.05, 4.69) is 4.98 Å². The number of hydrogen-bond acceptors (Lipinski definition) is 4. The molecule has 0 spiro atoms. The number of carboxylic acid groups (broad SMARTS) is 1. The molecular formula is C13H13NO3S2. The quantitative estimate of drug-likeness (QED) is 0.919. The van der Waals surface area contributed by atoms with Crippen molar-refractivity contribution in [3.63, 3.8) is 0 Å². The van der Waals surface area contributed by atoms with Gasteiger partial charge in [0.15, 0.2) is 0 Å². The van der Waals surface area contributed by atoms with E-state index in [-0.39, 0.29) is 6.42 Å². The Morgan fingerprint density at radius 3 is 2.58 bits per heavy atom. The lowest BCUT2D eigenvalue weighted by molar-refractivity contribution is -0.136. The van der Waals surface area contributed by atoms with Gasteiger partial charge in [0.1, 0.15) is 0 Å². The first-order valence-electron chi connectivity index (χ1n) is 5.64. The topological polar surface area (TPSA) is 67.3 Å². The Labute approximate surface area is 117 Å². The van der Waals surface area contributed by atoms with Crippen LogP contribution in [0.1, 0.15) is 16.3 Å². The predicted molar refractivity (Wildman–Crippen MR) is 74.7 cm³/mol. The number of carboxylic acids is 1. The Balaban J connectivity index is 2.05. The highest BCUT2D eigenvalue weighted by Gasteiger charge is 2.08. The highest BCUT2D eigenvalue weighted by atomic mass is 32.2. The summed E-state index contributed by atoms with van der Waals surface area (Å²) in [6.07, 6.45) is -0.0157.